The van der Waals surface area contributed by atoms with E-state index in [-0.39, 0.29) is 5.75 Å². The summed E-state index contributed by atoms with van der Waals surface area (Å²) in [6.45, 7) is 1.96. The van der Waals surface area contributed by atoms with Crippen LogP contribution in [0, 0.1) is 12.7 Å². The smallest absolute Gasteiger partial charge is 0.126 e. The highest BCUT2D eigenvalue weighted by molar-refractivity contribution is 5.72. The average Bonchev–Trinajstić information content (AvgIpc) is 2.20. The van der Waals surface area contributed by atoms with Crippen LogP contribution in [0.1, 0.15) is 5.56 Å². The van der Waals surface area contributed by atoms with Crippen molar-refractivity contribution in [2.24, 2.45) is 0 Å². The van der Waals surface area contributed by atoms with Crippen LogP contribution in [-0.4, -0.2) is 5.11 Å². The lowest BCUT2D eigenvalue weighted by Crippen LogP contribution is -1.84. The van der Waals surface area contributed by atoms with Crippen LogP contribution in [0.25, 0.3) is 11.1 Å². The van der Waals surface area contributed by atoms with Gasteiger partial charge in [0.25, 0.3) is 0 Å². The summed E-state index contributed by atoms with van der Waals surface area (Å²) < 4.78 is 12.8. The molecule has 76 valence electrons. The number of benzene rings is 2. The van der Waals surface area contributed by atoms with Crippen molar-refractivity contribution >= 4 is 0 Å². The molecule has 0 spiro atoms. The van der Waals surface area contributed by atoms with Crippen molar-refractivity contribution < 1.29 is 9.50 Å². The summed E-state index contributed by atoms with van der Waals surface area (Å²) in [5, 5.41) is 9.63. The minimum atomic E-state index is -0.426. The third-order valence-corrected chi connectivity index (χ3v) is 2.40. The minimum absolute atomic E-state index is 0.0238. The Morgan fingerprint density at radius 2 is 1.73 bits per heavy atom. The first-order chi connectivity index (χ1) is 7.18. The molecule has 0 unspecified atom stereocenters. The van der Waals surface area contributed by atoms with Crippen molar-refractivity contribution in [3.63, 3.8) is 0 Å². The van der Waals surface area contributed by atoms with Crippen LogP contribution in [0.15, 0.2) is 42.5 Å². The van der Waals surface area contributed by atoms with Gasteiger partial charge in [-0.25, -0.2) is 4.39 Å². The van der Waals surface area contributed by atoms with E-state index in [4.69, 9.17) is 0 Å². The van der Waals surface area contributed by atoms with Crippen LogP contribution in [0.5, 0.6) is 5.75 Å². The minimum Gasteiger partial charge on any atom is -0.507 e. The highest BCUT2D eigenvalue weighted by atomic mass is 19.1. The number of aromatic hydroxyl groups is 1. The summed E-state index contributed by atoms with van der Waals surface area (Å²) in [7, 11) is 0. The molecule has 1 N–H and O–H groups in total. The molecule has 0 aliphatic rings. The molecule has 0 amide bonds. The Bertz CT molecular complexity index is 492. The van der Waals surface area contributed by atoms with E-state index in [1.54, 1.807) is 6.07 Å². The molecule has 0 atom stereocenters. The Balaban J connectivity index is 2.60. The summed E-state index contributed by atoms with van der Waals surface area (Å²) in [5.41, 5.74) is 2.64. The first-order valence-electron chi connectivity index (χ1n) is 4.73. The summed E-state index contributed by atoms with van der Waals surface area (Å²) in [5.74, 6) is -0.450. The largest absolute Gasteiger partial charge is 0.507 e. The van der Waals surface area contributed by atoms with Crippen LogP contribution in [-0.2, 0) is 0 Å². The molecule has 2 aromatic carbocycles. The van der Waals surface area contributed by atoms with Crippen molar-refractivity contribution in [2.75, 3.05) is 0 Å². The fourth-order valence-corrected chi connectivity index (χ4v) is 1.61. The Hall–Kier alpha value is -1.83. The van der Waals surface area contributed by atoms with Crippen molar-refractivity contribution in [3.8, 4) is 16.9 Å². The number of aryl methyl sites for hydroxylation is 1. The van der Waals surface area contributed by atoms with E-state index in [1.165, 1.54) is 6.07 Å². The molecule has 0 saturated heterocycles. The summed E-state index contributed by atoms with van der Waals surface area (Å²) >= 11 is 0. The third-order valence-electron chi connectivity index (χ3n) is 2.40. The molecule has 0 bridgehead atoms. The Morgan fingerprint density at radius 1 is 1.00 bits per heavy atom. The molecular weight excluding hydrogens is 191 g/mol. The molecule has 1 nitrogen and oxygen atoms in total. The highest BCUT2D eigenvalue weighted by Gasteiger charge is 2.06. The van der Waals surface area contributed by atoms with Gasteiger partial charge in [0, 0.05) is 11.6 Å². The number of phenols is 1. The molecule has 0 aromatic heterocycles. The summed E-state index contributed by atoms with van der Waals surface area (Å²) in [4.78, 5) is 0. The maximum atomic E-state index is 12.8. The zero-order valence-corrected chi connectivity index (χ0v) is 8.37. The van der Waals surface area contributed by atoms with Gasteiger partial charge in [0.1, 0.15) is 11.6 Å². The molecule has 0 heterocycles. The number of hydrogen-bond acceptors (Lipinski definition) is 1. The highest BCUT2D eigenvalue weighted by Crippen LogP contribution is 2.31. The maximum absolute atomic E-state index is 12.8. The van der Waals surface area contributed by atoms with Gasteiger partial charge < -0.3 is 5.11 Å². The van der Waals surface area contributed by atoms with E-state index in [2.05, 4.69) is 0 Å². The monoisotopic (exact) mass is 202 g/mol. The lowest BCUT2D eigenvalue weighted by molar-refractivity contribution is 0.471. The number of halogens is 1. The number of hydrogen-bond donors (Lipinski definition) is 1. The predicted octanol–water partition coefficient (Wildman–Crippen LogP) is 3.51. The van der Waals surface area contributed by atoms with Crippen molar-refractivity contribution in [2.45, 2.75) is 6.92 Å². The Labute approximate surface area is 87.8 Å². The standard InChI is InChI=1S/C13H11FO/c1-9-4-2-3-5-11(9)12-7-6-10(14)8-13(12)15/h2-8,15H,1H3. The van der Waals surface area contributed by atoms with Gasteiger partial charge >= 0.3 is 0 Å². The second-order valence-electron chi connectivity index (χ2n) is 3.48. The zero-order chi connectivity index (χ0) is 10.8. The van der Waals surface area contributed by atoms with Crippen molar-refractivity contribution in [1.82, 2.24) is 0 Å². The molecule has 0 aliphatic carbocycles. The molecule has 0 saturated carbocycles. The first kappa shape index (κ1) is 9.71. The fourth-order valence-electron chi connectivity index (χ4n) is 1.61. The van der Waals surface area contributed by atoms with Gasteiger partial charge in [-0.1, -0.05) is 24.3 Å². The molecular formula is C13H11FO. The predicted molar refractivity (Wildman–Crippen MR) is 58.2 cm³/mol. The Morgan fingerprint density at radius 3 is 2.40 bits per heavy atom. The normalized spacial score (nSPS) is 10.3. The second-order valence-corrected chi connectivity index (χ2v) is 3.48. The molecule has 0 fully saturated rings. The number of rotatable bonds is 1. The molecule has 2 heteroatoms. The van der Waals surface area contributed by atoms with Gasteiger partial charge in [0.05, 0.1) is 0 Å². The summed E-state index contributed by atoms with van der Waals surface area (Å²) in [6, 6.07) is 11.8. The summed E-state index contributed by atoms with van der Waals surface area (Å²) in [6.07, 6.45) is 0. The van der Waals surface area contributed by atoms with E-state index in [0.717, 1.165) is 17.2 Å². The van der Waals surface area contributed by atoms with Crippen LogP contribution in [0.3, 0.4) is 0 Å². The van der Waals surface area contributed by atoms with Crippen molar-refractivity contribution in [1.29, 1.82) is 0 Å². The molecule has 0 aliphatic heterocycles. The fraction of sp³-hybridized carbons (Fsp3) is 0.0769. The van der Waals surface area contributed by atoms with Crippen LogP contribution in [0.2, 0.25) is 0 Å². The van der Waals surface area contributed by atoms with Crippen molar-refractivity contribution in [3.05, 3.63) is 53.8 Å². The molecule has 0 radical (unpaired) electrons. The lowest BCUT2D eigenvalue weighted by atomic mass is 10.00. The third kappa shape index (κ3) is 1.84. The second kappa shape index (κ2) is 3.73. The topological polar surface area (TPSA) is 20.2 Å². The van der Waals surface area contributed by atoms with Gasteiger partial charge in [-0.3, -0.25) is 0 Å². The van der Waals surface area contributed by atoms with E-state index in [1.807, 2.05) is 31.2 Å². The quantitative estimate of drug-likeness (QED) is 0.750. The molecule has 15 heavy (non-hydrogen) atoms. The maximum Gasteiger partial charge on any atom is 0.126 e. The zero-order valence-electron chi connectivity index (χ0n) is 8.37. The van der Waals surface area contributed by atoms with Crippen LogP contribution < -0.4 is 0 Å². The molecule has 2 aromatic rings. The Kier molecular flexibility index (Phi) is 2.42. The van der Waals surface area contributed by atoms with E-state index < -0.39 is 5.82 Å². The van der Waals surface area contributed by atoms with E-state index in [9.17, 15) is 9.50 Å². The lowest BCUT2D eigenvalue weighted by Gasteiger charge is -2.07. The van der Waals surface area contributed by atoms with Gasteiger partial charge in [0.15, 0.2) is 0 Å². The number of phenolic OH excluding ortho intramolecular Hbond substituents is 1. The van der Waals surface area contributed by atoms with E-state index in [0.29, 0.717) is 5.56 Å². The van der Waals surface area contributed by atoms with Crippen LogP contribution in [0.4, 0.5) is 4.39 Å². The van der Waals surface area contributed by atoms with E-state index >= 15 is 0 Å². The SMILES string of the molecule is Cc1ccccc1-c1ccc(F)cc1O. The average molecular weight is 202 g/mol. The van der Waals surface area contributed by atoms with Gasteiger partial charge in [-0.15, -0.1) is 0 Å². The van der Waals surface area contributed by atoms with Gasteiger partial charge in [-0.05, 0) is 30.2 Å². The van der Waals surface area contributed by atoms with Gasteiger partial charge in [0.2, 0.25) is 0 Å². The first-order valence-corrected chi connectivity index (χ1v) is 4.73. The molecule has 2 rings (SSSR count). The van der Waals surface area contributed by atoms with Gasteiger partial charge in [-0.2, -0.15) is 0 Å². The van der Waals surface area contributed by atoms with Crippen LogP contribution >= 0.6 is 0 Å².